The van der Waals surface area contributed by atoms with Gasteiger partial charge in [0.25, 0.3) is 0 Å². The predicted molar refractivity (Wildman–Crippen MR) is 37.4 cm³/mol. The molecular weight excluding hydrogens is 150 g/mol. The van der Waals surface area contributed by atoms with Crippen molar-refractivity contribution in [1.82, 2.24) is 0 Å². The maximum Gasteiger partial charge on any atom is 0.122 e. The van der Waals surface area contributed by atoms with Gasteiger partial charge in [-0.2, -0.15) is 0 Å². The van der Waals surface area contributed by atoms with Gasteiger partial charge in [-0.1, -0.05) is 0 Å². The van der Waals surface area contributed by atoms with E-state index in [0.29, 0.717) is 0 Å². The SMILES string of the molecule is OCC1=N[C@@H](CO)[C@@H](O)[C@@H]1O. The molecule has 0 fully saturated rings. The fourth-order valence-corrected chi connectivity index (χ4v) is 1.06. The second kappa shape index (κ2) is 3.27. The molecule has 1 aliphatic rings. The van der Waals surface area contributed by atoms with Crippen LogP contribution in [0.2, 0.25) is 0 Å². The van der Waals surface area contributed by atoms with Crippen molar-refractivity contribution < 1.29 is 20.4 Å². The van der Waals surface area contributed by atoms with Gasteiger partial charge in [0.2, 0.25) is 0 Å². The molecule has 0 aromatic rings. The van der Waals surface area contributed by atoms with Gasteiger partial charge >= 0.3 is 0 Å². The van der Waals surface area contributed by atoms with E-state index in [4.69, 9.17) is 20.4 Å². The van der Waals surface area contributed by atoms with Crippen LogP contribution >= 0.6 is 0 Å². The van der Waals surface area contributed by atoms with E-state index in [1.165, 1.54) is 0 Å². The summed E-state index contributed by atoms with van der Waals surface area (Å²) in [6.45, 7) is -0.698. The molecule has 0 saturated heterocycles. The lowest BCUT2D eigenvalue weighted by atomic mass is 10.1. The minimum absolute atomic E-state index is 0.136. The van der Waals surface area contributed by atoms with Gasteiger partial charge in [0.15, 0.2) is 0 Å². The Morgan fingerprint density at radius 1 is 1.27 bits per heavy atom. The van der Waals surface area contributed by atoms with Crippen molar-refractivity contribution >= 4 is 5.71 Å². The number of nitrogens with zero attached hydrogens (tertiary/aromatic N) is 1. The van der Waals surface area contributed by atoms with Gasteiger partial charge in [-0.3, -0.25) is 4.99 Å². The van der Waals surface area contributed by atoms with Crippen LogP contribution in [0.15, 0.2) is 4.99 Å². The van der Waals surface area contributed by atoms with E-state index in [-0.39, 0.29) is 18.9 Å². The zero-order chi connectivity index (χ0) is 8.43. The van der Waals surface area contributed by atoms with Crippen LogP contribution in [-0.4, -0.2) is 57.6 Å². The normalized spacial score (nSPS) is 37.5. The van der Waals surface area contributed by atoms with Crippen molar-refractivity contribution in [3.8, 4) is 0 Å². The first kappa shape index (κ1) is 8.61. The molecular formula is C6H11NO4. The lowest BCUT2D eigenvalue weighted by molar-refractivity contribution is 0.0392. The number of hydrogen-bond acceptors (Lipinski definition) is 5. The maximum atomic E-state index is 9.12. The Morgan fingerprint density at radius 2 is 1.91 bits per heavy atom. The Bertz CT molecular complexity index is 170. The van der Waals surface area contributed by atoms with Crippen LogP contribution in [0.4, 0.5) is 0 Å². The molecule has 0 amide bonds. The molecule has 5 heteroatoms. The highest BCUT2D eigenvalue weighted by Gasteiger charge is 2.35. The van der Waals surface area contributed by atoms with E-state index in [1.54, 1.807) is 0 Å². The molecule has 11 heavy (non-hydrogen) atoms. The minimum atomic E-state index is -1.13. The summed E-state index contributed by atoms with van der Waals surface area (Å²) in [7, 11) is 0. The number of aliphatic imine (C=N–C) groups is 1. The van der Waals surface area contributed by atoms with Gasteiger partial charge in [0.1, 0.15) is 18.2 Å². The average Bonchev–Trinajstić information content (AvgIpc) is 2.30. The summed E-state index contributed by atoms with van der Waals surface area (Å²) < 4.78 is 0. The van der Waals surface area contributed by atoms with Crippen molar-refractivity contribution in [3.05, 3.63) is 0 Å². The minimum Gasteiger partial charge on any atom is -0.394 e. The third-order valence-corrected chi connectivity index (χ3v) is 1.74. The lowest BCUT2D eigenvalue weighted by Gasteiger charge is -2.12. The number of aliphatic hydroxyl groups excluding tert-OH is 4. The van der Waals surface area contributed by atoms with E-state index in [0.717, 1.165) is 0 Å². The Labute approximate surface area is 63.6 Å². The molecule has 0 bridgehead atoms. The first-order chi connectivity index (χ1) is 5.20. The highest BCUT2D eigenvalue weighted by molar-refractivity contribution is 5.92. The first-order valence-electron chi connectivity index (χ1n) is 3.35. The van der Waals surface area contributed by atoms with Crippen molar-refractivity contribution in [2.24, 2.45) is 4.99 Å². The molecule has 0 aromatic carbocycles. The Kier molecular flexibility index (Phi) is 2.56. The highest BCUT2D eigenvalue weighted by atomic mass is 16.3. The van der Waals surface area contributed by atoms with Gasteiger partial charge in [0.05, 0.1) is 18.9 Å². The van der Waals surface area contributed by atoms with E-state index in [9.17, 15) is 0 Å². The van der Waals surface area contributed by atoms with Crippen molar-refractivity contribution in [3.63, 3.8) is 0 Å². The molecule has 1 rings (SSSR count). The number of rotatable bonds is 2. The van der Waals surface area contributed by atoms with Crippen molar-refractivity contribution in [1.29, 1.82) is 0 Å². The van der Waals surface area contributed by atoms with Crippen molar-refractivity contribution in [2.75, 3.05) is 13.2 Å². The Morgan fingerprint density at radius 3 is 2.18 bits per heavy atom. The predicted octanol–water partition coefficient (Wildman–Crippen LogP) is -2.48. The van der Waals surface area contributed by atoms with Crippen LogP contribution in [-0.2, 0) is 0 Å². The number of hydrogen-bond donors (Lipinski definition) is 4. The monoisotopic (exact) mass is 161 g/mol. The van der Waals surface area contributed by atoms with E-state index in [1.807, 2.05) is 0 Å². The molecule has 1 heterocycles. The van der Waals surface area contributed by atoms with Crippen LogP contribution in [0.3, 0.4) is 0 Å². The summed E-state index contributed by atoms with van der Waals surface area (Å²) in [4.78, 5) is 3.70. The van der Waals surface area contributed by atoms with E-state index in [2.05, 4.69) is 4.99 Å². The van der Waals surface area contributed by atoms with E-state index >= 15 is 0 Å². The second-order valence-electron chi connectivity index (χ2n) is 2.46. The zero-order valence-corrected chi connectivity index (χ0v) is 5.88. The molecule has 0 spiro atoms. The Hall–Kier alpha value is -0.490. The highest BCUT2D eigenvalue weighted by Crippen LogP contribution is 2.14. The van der Waals surface area contributed by atoms with Crippen molar-refractivity contribution in [2.45, 2.75) is 18.2 Å². The smallest absolute Gasteiger partial charge is 0.122 e. The summed E-state index contributed by atoms with van der Waals surface area (Å²) in [5.74, 6) is 0. The molecule has 0 radical (unpaired) electrons. The molecule has 3 atom stereocenters. The van der Waals surface area contributed by atoms with Crippen LogP contribution in [0.1, 0.15) is 0 Å². The molecule has 0 unspecified atom stereocenters. The van der Waals surface area contributed by atoms with Gasteiger partial charge in [-0.15, -0.1) is 0 Å². The summed E-state index contributed by atoms with van der Waals surface area (Å²) >= 11 is 0. The summed E-state index contributed by atoms with van der Waals surface area (Å²) in [6.07, 6.45) is -2.21. The van der Waals surface area contributed by atoms with Gasteiger partial charge < -0.3 is 20.4 Å². The molecule has 1 aliphatic heterocycles. The van der Waals surface area contributed by atoms with Crippen LogP contribution in [0.5, 0.6) is 0 Å². The van der Waals surface area contributed by atoms with Gasteiger partial charge in [0, 0.05) is 0 Å². The molecule has 5 nitrogen and oxygen atoms in total. The Balaban J connectivity index is 2.68. The quantitative estimate of drug-likeness (QED) is 0.360. The lowest BCUT2D eigenvalue weighted by Crippen LogP contribution is -2.36. The third-order valence-electron chi connectivity index (χ3n) is 1.74. The first-order valence-corrected chi connectivity index (χ1v) is 3.35. The molecule has 0 aromatic heterocycles. The van der Waals surface area contributed by atoms with Crippen LogP contribution < -0.4 is 0 Å². The van der Waals surface area contributed by atoms with Gasteiger partial charge in [-0.25, -0.2) is 0 Å². The second-order valence-corrected chi connectivity index (χ2v) is 2.46. The molecule has 0 aliphatic carbocycles. The average molecular weight is 161 g/mol. The van der Waals surface area contributed by atoms with E-state index < -0.39 is 18.2 Å². The largest absolute Gasteiger partial charge is 0.394 e. The summed E-state index contributed by atoms with van der Waals surface area (Å²) in [5, 5.41) is 35.4. The molecule has 64 valence electrons. The molecule has 0 saturated carbocycles. The van der Waals surface area contributed by atoms with Crippen LogP contribution in [0, 0.1) is 0 Å². The molecule has 4 N–H and O–H groups in total. The third kappa shape index (κ3) is 1.41. The number of aliphatic hydroxyl groups is 4. The fourth-order valence-electron chi connectivity index (χ4n) is 1.06. The topological polar surface area (TPSA) is 93.3 Å². The summed E-state index contributed by atoms with van der Waals surface area (Å²) in [5.41, 5.74) is 0.136. The zero-order valence-electron chi connectivity index (χ0n) is 5.88. The maximum absolute atomic E-state index is 9.12. The van der Waals surface area contributed by atoms with Crippen LogP contribution in [0.25, 0.3) is 0 Å². The standard InChI is InChI=1S/C6H11NO4/c8-1-3-5(10)6(11)4(2-9)7-3/h3,5-6,8-11H,1-2H2/t3-,5+,6+/m0/s1. The fraction of sp³-hybridized carbons (Fsp3) is 0.833. The van der Waals surface area contributed by atoms with Gasteiger partial charge in [-0.05, 0) is 0 Å². The summed E-state index contributed by atoms with van der Waals surface area (Å²) in [6, 6.07) is -0.688.